The molecule has 1 aromatic carbocycles. The molecule has 17 heavy (non-hydrogen) atoms. The molecular weight excluding hydrogens is 259 g/mol. The van der Waals surface area contributed by atoms with Crippen molar-refractivity contribution in [3.8, 4) is 0 Å². The Morgan fingerprint density at radius 1 is 1.24 bits per heavy atom. The molecule has 0 amide bonds. The van der Waals surface area contributed by atoms with Crippen molar-refractivity contribution in [2.45, 2.75) is 6.92 Å². The first-order chi connectivity index (χ1) is 8.09. The van der Waals surface area contributed by atoms with Crippen LogP contribution in [0.5, 0.6) is 0 Å². The number of rotatable bonds is 2. The van der Waals surface area contributed by atoms with Gasteiger partial charge in [-0.05, 0) is 24.6 Å². The van der Waals surface area contributed by atoms with Gasteiger partial charge in [0.15, 0.2) is 5.82 Å². The summed E-state index contributed by atoms with van der Waals surface area (Å²) in [6.45, 7) is 1.91. The maximum absolute atomic E-state index is 6.02. The van der Waals surface area contributed by atoms with E-state index < -0.39 is 0 Å². The van der Waals surface area contributed by atoms with Gasteiger partial charge in [0, 0.05) is 10.7 Å². The van der Waals surface area contributed by atoms with Crippen molar-refractivity contribution in [1.29, 1.82) is 0 Å². The number of nitrogens with one attached hydrogen (secondary N) is 1. The van der Waals surface area contributed by atoms with Crippen molar-refractivity contribution >= 4 is 40.5 Å². The molecule has 6 heteroatoms. The number of benzene rings is 1. The van der Waals surface area contributed by atoms with Crippen LogP contribution >= 0.6 is 23.2 Å². The molecule has 3 N–H and O–H groups in total. The van der Waals surface area contributed by atoms with E-state index in [0.717, 1.165) is 11.3 Å². The molecule has 0 radical (unpaired) electrons. The molecule has 0 atom stereocenters. The van der Waals surface area contributed by atoms with Crippen molar-refractivity contribution in [2.24, 2.45) is 0 Å². The molecule has 2 aromatic rings. The molecule has 0 bridgehead atoms. The molecule has 0 fully saturated rings. The van der Waals surface area contributed by atoms with Gasteiger partial charge >= 0.3 is 0 Å². The van der Waals surface area contributed by atoms with Crippen LogP contribution < -0.4 is 11.1 Å². The second-order valence-corrected chi connectivity index (χ2v) is 4.24. The SMILES string of the molecule is Cc1c(Cl)cccc1Nc1ncnc(N)c1Cl. The van der Waals surface area contributed by atoms with Crippen molar-refractivity contribution in [2.75, 3.05) is 11.1 Å². The Balaban J connectivity index is 2.38. The molecule has 1 heterocycles. The van der Waals surface area contributed by atoms with Crippen molar-refractivity contribution < 1.29 is 0 Å². The summed E-state index contributed by atoms with van der Waals surface area (Å²) in [6.07, 6.45) is 1.35. The van der Waals surface area contributed by atoms with Crippen LogP contribution in [0.3, 0.4) is 0 Å². The van der Waals surface area contributed by atoms with E-state index in [0.29, 0.717) is 15.9 Å². The molecule has 1 aromatic heterocycles. The average Bonchev–Trinajstić information content (AvgIpc) is 2.31. The standard InChI is InChI=1S/C11H10Cl2N4/c1-6-7(12)3-2-4-8(6)17-11-9(13)10(14)15-5-16-11/h2-5H,1H3,(H3,14,15,16,17). The summed E-state index contributed by atoms with van der Waals surface area (Å²) in [5.74, 6) is 0.702. The van der Waals surface area contributed by atoms with Gasteiger partial charge in [0.25, 0.3) is 0 Å². The first-order valence-electron chi connectivity index (χ1n) is 4.87. The van der Waals surface area contributed by atoms with Crippen LogP contribution in [0.25, 0.3) is 0 Å². The molecule has 0 spiro atoms. The van der Waals surface area contributed by atoms with E-state index in [1.165, 1.54) is 6.33 Å². The Morgan fingerprint density at radius 2 is 2.00 bits per heavy atom. The predicted octanol–water partition coefficient (Wildman–Crippen LogP) is 3.42. The van der Waals surface area contributed by atoms with Gasteiger partial charge in [-0.1, -0.05) is 29.3 Å². The summed E-state index contributed by atoms with van der Waals surface area (Å²) < 4.78 is 0. The Morgan fingerprint density at radius 3 is 2.76 bits per heavy atom. The number of nitrogen functional groups attached to an aromatic ring is 1. The molecule has 0 saturated carbocycles. The van der Waals surface area contributed by atoms with E-state index >= 15 is 0 Å². The van der Waals surface area contributed by atoms with Crippen molar-refractivity contribution in [1.82, 2.24) is 9.97 Å². The van der Waals surface area contributed by atoms with E-state index in [2.05, 4.69) is 15.3 Å². The van der Waals surface area contributed by atoms with Crippen molar-refractivity contribution in [3.05, 3.63) is 40.1 Å². The summed E-state index contributed by atoms with van der Waals surface area (Å²) in [5, 5.41) is 4.05. The lowest BCUT2D eigenvalue weighted by atomic mass is 10.2. The van der Waals surface area contributed by atoms with Crippen LogP contribution in [0.15, 0.2) is 24.5 Å². The highest BCUT2D eigenvalue weighted by Crippen LogP contribution is 2.30. The van der Waals surface area contributed by atoms with E-state index in [9.17, 15) is 0 Å². The predicted molar refractivity (Wildman–Crippen MR) is 70.9 cm³/mol. The number of nitrogens with zero attached hydrogens (tertiary/aromatic N) is 2. The first kappa shape index (κ1) is 12.0. The van der Waals surface area contributed by atoms with Gasteiger partial charge in [-0.2, -0.15) is 0 Å². The lowest BCUT2D eigenvalue weighted by molar-refractivity contribution is 1.17. The molecule has 4 nitrogen and oxygen atoms in total. The monoisotopic (exact) mass is 268 g/mol. The molecule has 0 saturated heterocycles. The lowest BCUT2D eigenvalue weighted by Crippen LogP contribution is -2.00. The van der Waals surface area contributed by atoms with Crippen LogP contribution in [0.1, 0.15) is 5.56 Å². The minimum Gasteiger partial charge on any atom is -0.382 e. The molecule has 88 valence electrons. The topological polar surface area (TPSA) is 63.8 Å². The smallest absolute Gasteiger partial charge is 0.154 e. The van der Waals surface area contributed by atoms with E-state index in [1.54, 1.807) is 0 Å². The zero-order valence-corrected chi connectivity index (χ0v) is 10.5. The average molecular weight is 269 g/mol. The number of hydrogen-bond donors (Lipinski definition) is 2. The Hall–Kier alpha value is -1.52. The Bertz CT molecular complexity index is 508. The Kier molecular flexibility index (Phi) is 3.36. The number of nitrogens with two attached hydrogens (primary N) is 1. The van der Waals surface area contributed by atoms with Gasteiger partial charge in [0.1, 0.15) is 17.2 Å². The lowest BCUT2D eigenvalue weighted by Gasteiger charge is -2.11. The molecular formula is C11H10Cl2N4. The second kappa shape index (κ2) is 4.77. The highest BCUT2D eigenvalue weighted by atomic mass is 35.5. The maximum atomic E-state index is 6.02. The van der Waals surface area contributed by atoms with Crippen LogP contribution in [-0.2, 0) is 0 Å². The fourth-order valence-corrected chi connectivity index (χ4v) is 1.66. The summed E-state index contributed by atoms with van der Waals surface area (Å²) in [6, 6.07) is 5.55. The van der Waals surface area contributed by atoms with Gasteiger partial charge in [-0.25, -0.2) is 9.97 Å². The third-order valence-electron chi connectivity index (χ3n) is 2.34. The third-order valence-corrected chi connectivity index (χ3v) is 3.12. The van der Waals surface area contributed by atoms with Crippen LogP contribution in [0.2, 0.25) is 10.0 Å². The minimum atomic E-state index is 0.240. The van der Waals surface area contributed by atoms with Crippen LogP contribution in [-0.4, -0.2) is 9.97 Å². The van der Waals surface area contributed by atoms with Gasteiger partial charge in [0.05, 0.1) is 0 Å². The maximum Gasteiger partial charge on any atom is 0.154 e. The summed E-state index contributed by atoms with van der Waals surface area (Å²) in [7, 11) is 0. The molecule has 2 rings (SSSR count). The van der Waals surface area contributed by atoms with Gasteiger partial charge < -0.3 is 11.1 Å². The van der Waals surface area contributed by atoms with Crippen molar-refractivity contribution in [3.63, 3.8) is 0 Å². The first-order valence-corrected chi connectivity index (χ1v) is 5.63. The summed E-state index contributed by atoms with van der Waals surface area (Å²) in [4.78, 5) is 7.82. The summed E-state index contributed by atoms with van der Waals surface area (Å²) in [5.41, 5.74) is 7.34. The molecule has 0 aliphatic carbocycles. The molecule has 0 aliphatic rings. The quantitative estimate of drug-likeness (QED) is 0.876. The molecule has 0 aliphatic heterocycles. The Labute approximate surface area is 109 Å². The number of anilines is 3. The number of halogens is 2. The number of hydrogen-bond acceptors (Lipinski definition) is 4. The molecule has 0 unspecified atom stereocenters. The van der Waals surface area contributed by atoms with Gasteiger partial charge in [-0.3, -0.25) is 0 Å². The number of aromatic nitrogens is 2. The van der Waals surface area contributed by atoms with Gasteiger partial charge in [0.2, 0.25) is 0 Å². The van der Waals surface area contributed by atoms with Crippen LogP contribution in [0, 0.1) is 6.92 Å². The van der Waals surface area contributed by atoms with E-state index in [4.69, 9.17) is 28.9 Å². The zero-order chi connectivity index (χ0) is 12.4. The summed E-state index contributed by atoms with van der Waals surface area (Å²) >= 11 is 12.0. The van der Waals surface area contributed by atoms with Gasteiger partial charge in [-0.15, -0.1) is 0 Å². The minimum absolute atomic E-state index is 0.240. The largest absolute Gasteiger partial charge is 0.382 e. The fourth-order valence-electron chi connectivity index (χ4n) is 1.34. The van der Waals surface area contributed by atoms with E-state index in [1.807, 2.05) is 25.1 Å². The van der Waals surface area contributed by atoms with Crippen LogP contribution in [0.4, 0.5) is 17.3 Å². The zero-order valence-electron chi connectivity index (χ0n) is 9.04. The highest BCUT2D eigenvalue weighted by molar-refractivity contribution is 6.35. The fraction of sp³-hybridized carbons (Fsp3) is 0.0909. The third kappa shape index (κ3) is 2.43. The normalized spacial score (nSPS) is 10.3. The highest BCUT2D eigenvalue weighted by Gasteiger charge is 2.08. The van der Waals surface area contributed by atoms with E-state index in [-0.39, 0.29) is 5.82 Å². The second-order valence-electron chi connectivity index (χ2n) is 3.46.